The maximum Gasteiger partial charge on any atom is 0.325 e. The van der Waals surface area contributed by atoms with E-state index in [0.29, 0.717) is 0 Å². The van der Waals surface area contributed by atoms with Crippen molar-refractivity contribution in [2.45, 2.75) is 50.7 Å². The third-order valence-corrected chi connectivity index (χ3v) is 3.20. The Kier molecular flexibility index (Phi) is 2.22. The molecular formula is C10H17N3O2. The molecule has 2 atom stereocenters. The fourth-order valence-corrected chi connectivity index (χ4v) is 2.33. The second-order valence-corrected chi connectivity index (χ2v) is 4.96. The molecule has 5 heteroatoms. The molecule has 1 heterocycles. The third kappa shape index (κ3) is 1.61. The Labute approximate surface area is 89.0 Å². The lowest BCUT2D eigenvalue weighted by molar-refractivity contribution is -0.131. The number of imide groups is 1. The standard InChI is InChI=1S/C10H17N3O2/c1-10(2)8(14)13(9(15)12-10)7-4-3-6(11)5-7/h6-7H,3-5,11H2,1-2H3,(H,12,15). The predicted octanol–water partition coefficient (Wildman–Crippen LogP) is 0.197. The zero-order valence-corrected chi connectivity index (χ0v) is 9.12. The molecule has 0 radical (unpaired) electrons. The Hall–Kier alpha value is -1.10. The monoisotopic (exact) mass is 211 g/mol. The molecule has 1 saturated heterocycles. The maximum absolute atomic E-state index is 11.9. The molecule has 3 amide bonds. The van der Waals surface area contributed by atoms with Crippen LogP contribution in [0.5, 0.6) is 0 Å². The van der Waals surface area contributed by atoms with Crippen molar-refractivity contribution in [3.05, 3.63) is 0 Å². The second-order valence-electron chi connectivity index (χ2n) is 4.96. The molecule has 3 N–H and O–H groups in total. The predicted molar refractivity (Wildman–Crippen MR) is 55.1 cm³/mol. The molecule has 1 aliphatic heterocycles. The summed E-state index contributed by atoms with van der Waals surface area (Å²) in [5.74, 6) is -0.133. The summed E-state index contributed by atoms with van der Waals surface area (Å²) >= 11 is 0. The van der Waals surface area contributed by atoms with Gasteiger partial charge in [0.15, 0.2) is 0 Å². The smallest absolute Gasteiger partial charge is 0.325 e. The average Bonchev–Trinajstić information content (AvgIpc) is 2.57. The first-order valence-electron chi connectivity index (χ1n) is 5.33. The lowest BCUT2D eigenvalue weighted by atomic mass is 10.1. The van der Waals surface area contributed by atoms with Crippen LogP contribution in [0.15, 0.2) is 0 Å². The van der Waals surface area contributed by atoms with Crippen LogP contribution in [-0.4, -0.2) is 34.5 Å². The molecule has 2 rings (SSSR count). The molecule has 5 nitrogen and oxygen atoms in total. The van der Waals surface area contributed by atoms with E-state index in [1.807, 2.05) is 0 Å². The molecule has 2 aliphatic rings. The summed E-state index contributed by atoms with van der Waals surface area (Å²) in [6.45, 7) is 3.45. The first-order chi connectivity index (χ1) is 6.92. The van der Waals surface area contributed by atoms with Crippen LogP contribution in [0.3, 0.4) is 0 Å². The molecule has 0 aromatic heterocycles. The van der Waals surface area contributed by atoms with Crippen LogP contribution < -0.4 is 11.1 Å². The van der Waals surface area contributed by atoms with E-state index in [4.69, 9.17) is 5.73 Å². The first-order valence-corrected chi connectivity index (χ1v) is 5.33. The van der Waals surface area contributed by atoms with E-state index in [2.05, 4.69) is 5.32 Å². The number of nitrogens with two attached hydrogens (primary N) is 1. The van der Waals surface area contributed by atoms with E-state index >= 15 is 0 Å². The van der Waals surface area contributed by atoms with Gasteiger partial charge in [0.2, 0.25) is 0 Å². The van der Waals surface area contributed by atoms with Gasteiger partial charge in [0.05, 0.1) is 0 Å². The number of amides is 3. The van der Waals surface area contributed by atoms with Crippen LogP contribution in [0.4, 0.5) is 4.79 Å². The minimum absolute atomic E-state index is 0.00530. The second kappa shape index (κ2) is 3.20. The molecule has 0 aromatic carbocycles. The van der Waals surface area contributed by atoms with Crippen molar-refractivity contribution in [3.63, 3.8) is 0 Å². The summed E-state index contributed by atoms with van der Waals surface area (Å²) in [7, 11) is 0. The summed E-state index contributed by atoms with van der Waals surface area (Å²) < 4.78 is 0. The van der Waals surface area contributed by atoms with Crippen molar-refractivity contribution in [1.82, 2.24) is 10.2 Å². The van der Waals surface area contributed by atoms with E-state index in [-0.39, 0.29) is 24.0 Å². The van der Waals surface area contributed by atoms with Crippen LogP contribution in [0.25, 0.3) is 0 Å². The van der Waals surface area contributed by atoms with Crippen LogP contribution in [0.1, 0.15) is 33.1 Å². The maximum atomic E-state index is 11.9. The van der Waals surface area contributed by atoms with Gasteiger partial charge in [-0.1, -0.05) is 0 Å². The van der Waals surface area contributed by atoms with Gasteiger partial charge < -0.3 is 11.1 Å². The number of rotatable bonds is 1. The molecule has 0 aromatic rings. The Morgan fingerprint density at radius 1 is 1.40 bits per heavy atom. The van der Waals surface area contributed by atoms with Gasteiger partial charge in [-0.25, -0.2) is 4.79 Å². The van der Waals surface area contributed by atoms with Crippen molar-refractivity contribution < 1.29 is 9.59 Å². The first kappa shape index (κ1) is 10.4. The Balaban J connectivity index is 2.16. The van der Waals surface area contributed by atoms with E-state index in [1.165, 1.54) is 4.90 Å². The van der Waals surface area contributed by atoms with Gasteiger partial charge in [-0.15, -0.1) is 0 Å². The van der Waals surface area contributed by atoms with Crippen molar-refractivity contribution in [1.29, 1.82) is 0 Å². The largest absolute Gasteiger partial charge is 0.328 e. The average molecular weight is 211 g/mol. The number of carbonyl (C=O) groups is 2. The van der Waals surface area contributed by atoms with E-state index in [0.717, 1.165) is 19.3 Å². The fourth-order valence-electron chi connectivity index (χ4n) is 2.33. The van der Waals surface area contributed by atoms with Crippen LogP contribution in [0, 0.1) is 0 Å². The van der Waals surface area contributed by atoms with E-state index in [9.17, 15) is 9.59 Å². The minimum Gasteiger partial charge on any atom is -0.328 e. The highest BCUT2D eigenvalue weighted by Crippen LogP contribution is 2.28. The zero-order valence-electron chi connectivity index (χ0n) is 9.12. The van der Waals surface area contributed by atoms with Gasteiger partial charge in [0, 0.05) is 12.1 Å². The van der Waals surface area contributed by atoms with Crippen LogP contribution >= 0.6 is 0 Å². The summed E-state index contributed by atoms with van der Waals surface area (Å²) in [4.78, 5) is 24.9. The van der Waals surface area contributed by atoms with Crippen molar-refractivity contribution in [2.75, 3.05) is 0 Å². The third-order valence-electron chi connectivity index (χ3n) is 3.20. The van der Waals surface area contributed by atoms with Crippen molar-refractivity contribution >= 4 is 11.9 Å². The number of urea groups is 1. The molecule has 0 bridgehead atoms. The van der Waals surface area contributed by atoms with Gasteiger partial charge in [-0.2, -0.15) is 0 Å². The molecule has 1 saturated carbocycles. The molecule has 15 heavy (non-hydrogen) atoms. The van der Waals surface area contributed by atoms with Gasteiger partial charge in [-0.3, -0.25) is 9.69 Å². The van der Waals surface area contributed by atoms with Crippen LogP contribution in [-0.2, 0) is 4.79 Å². The van der Waals surface area contributed by atoms with Gasteiger partial charge in [0.1, 0.15) is 5.54 Å². The van der Waals surface area contributed by atoms with E-state index in [1.54, 1.807) is 13.8 Å². The number of carbonyl (C=O) groups excluding carboxylic acids is 2. The van der Waals surface area contributed by atoms with Crippen molar-refractivity contribution in [3.8, 4) is 0 Å². The summed E-state index contributed by atoms with van der Waals surface area (Å²) in [5, 5.41) is 2.68. The summed E-state index contributed by atoms with van der Waals surface area (Å²) in [6, 6.07) is -0.155. The fraction of sp³-hybridized carbons (Fsp3) is 0.800. The zero-order chi connectivity index (χ0) is 11.2. The summed E-state index contributed by atoms with van der Waals surface area (Å²) in [5.41, 5.74) is 5.02. The number of hydrogen-bond donors (Lipinski definition) is 2. The number of hydrogen-bond acceptors (Lipinski definition) is 3. The van der Waals surface area contributed by atoms with E-state index < -0.39 is 5.54 Å². The summed E-state index contributed by atoms with van der Waals surface area (Å²) in [6.07, 6.45) is 2.45. The number of nitrogens with zero attached hydrogens (tertiary/aromatic N) is 1. The lowest BCUT2D eigenvalue weighted by Crippen LogP contribution is -2.42. The molecule has 1 aliphatic carbocycles. The molecule has 84 valence electrons. The minimum atomic E-state index is -0.760. The number of nitrogens with one attached hydrogen (secondary N) is 1. The van der Waals surface area contributed by atoms with Crippen LogP contribution in [0.2, 0.25) is 0 Å². The topological polar surface area (TPSA) is 75.4 Å². The van der Waals surface area contributed by atoms with Crippen molar-refractivity contribution in [2.24, 2.45) is 5.73 Å². The molecule has 0 spiro atoms. The molecular weight excluding hydrogens is 194 g/mol. The highest BCUT2D eigenvalue weighted by atomic mass is 16.2. The highest BCUT2D eigenvalue weighted by Gasteiger charge is 2.48. The lowest BCUT2D eigenvalue weighted by Gasteiger charge is -2.21. The van der Waals surface area contributed by atoms with Gasteiger partial charge >= 0.3 is 6.03 Å². The molecule has 2 fully saturated rings. The quantitative estimate of drug-likeness (QED) is 0.608. The van der Waals surface area contributed by atoms with Gasteiger partial charge in [0.25, 0.3) is 5.91 Å². The molecule has 2 unspecified atom stereocenters. The highest BCUT2D eigenvalue weighted by molar-refractivity contribution is 6.06. The normalized spacial score (nSPS) is 34.7. The van der Waals surface area contributed by atoms with Gasteiger partial charge in [-0.05, 0) is 33.1 Å². The Morgan fingerprint density at radius 2 is 2.07 bits per heavy atom. The Morgan fingerprint density at radius 3 is 2.47 bits per heavy atom. The Bertz CT molecular complexity index is 314. The SMILES string of the molecule is CC1(C)NC(=O)N(C2CCC(N)C2)C1=O.